The summed E-state index contributed by atoms with van der Waals surface area (Å²) in [6.45, 7) is 5.97. The van der Waals surface area contributed by atoms with E-state index in [-0.39, 0.29) is 12.1 Å². The molecule has 0 amide bonds. The van der Waals surface area contributed by atoms with Crippen LogP contribution >= 0.6 is 0 Å². The van der Waals surface area contributed by atoms with Gasteiger partial charge in [-0.05, 0) is 26.8 Å². The molecule has 0 radical (unpaired) electrons. The second-order valence-electron chi connectivity index (χ2n) is 4.90. The van der Waals surface area contributed by atoms with Crippen molar-refractivity contribution < 1.29 is 5.11 Å². The number of aliphatic hydroxyl groups excluding tert-OH is 1. The van der Waals surface area contributed by atoms with E-state index in [1.165, 1.54) is 0 Å². The fourth-order valence-corrected chi connectivity index (χ4v) is 1.68. The number of rotatable bonds is 3. The Labute approximate surface area is 101 Å². The van der Waals surface area contributed by atoms with Gasteiger partial charge in [-0.15, -0.1) is 0 Å². The summed E-state index contributed by atoms with van der Waals surface area (Å²) in [5.74, 6) is 0.826. The monoisotopic (exact) mass is 234 g/mol. The largest absolute Gasteiger partial charge is 0.394 e. The third-order valence-electron chi connectivity index (χ3n) is 3.10. The van der Waals surface area contributed by atoms with Crippen LogP contribution in [-0.2, 0) is 0 Å². The molecule has 0 unspecified atom stereocenters. The molecular weight excluding hydrogens is 216 g/mol. The lowest BCUT2D eigenvalue weighted by Gasteiger charge is -2.35. The van der Waals surface area contributed by atoms with Crippen molar-refractivity contribution in [2.24, 2.45) is 0 Å². The number of hydrogen-bond acceptors (Lipinski definition) is 4. The van der Waals surface area contributed by atoms with E-state index in [2.05, 4.69) is 10.1 Å². The second-order valence-corrected chi connectivity index (χ2v) is 4.90. The van der Waals surface area contributed by atoms with Gasteiger partial charge < -0.3 is 10.0 Å². The van der Waals surface area contributed by atoms with Gasteiger partial charge in [-0.3, -0.25) is 0 Å². The summed E-state index contributed by atoms with van der Waals surface area (Å²) in [7, 11) is 1.93. The minimum Gasteiger partial charge on any atom is -0.394 e. The number of likely N-dealkylation sites (N-methyl/N-ethyl adjacent to an activating group) is 1. The van der Waals surface area contributed by atoms with Gasteiger partial charge in [0.1, 0.15) is 5.52 Å². The summed E-state index contributed by atoms with van der Waals surface area (Å²) in [5, 5.41) is 13.8. The summed E-state index contributed by atoms with van der Waals surface area (Å²) in [6, 6.07) is 1.99. The summed E-state index contributed by atoms with van der Waals surface area (Å²) in [5.41, 5.74) is 1.55. The summed E-state index contributed by atoms with van der Waals surface area (Å²) in [4.78, 5) is 6.36. The van der Waals surface area contributed by atoms with Crippen LogP contribution in [0.2, 0.25) is 0 Å². The number of anilines is 1. The molecule has 0 aromatic carbocycles. The van der Waals surface area contributed by atoms with Crippen LogP contribution in [0.5, 0.6) is 0 Å². The predicted molar refractivity (Wildman–Crippen MR) is 67.3 cm³/mol. The van der Waals surface area contributed by atoms with Gasteiger partial charge in [-0.25, -0.2) is 9.50 Å². The Morgan fingerprint density at radius 1 is 1.47 bits per heavy atom. The second kappa shape index (κ2) is 4.00. The SMILES string of the molecule is Cc1cc2c(N(C)C(C)(C)CO)nccn2n1. The molecule has 0 saturated heterocycles. The molecule has 0 fully saturated rings. The first-order valence-electron chi connectivity index (χ1n) is 5.61. The van der Waals surface area contributed by atoms with E-state index in [4.69, 9.17) is 0 Å². The maximum absolute atomic E-state index is 9.41. The van der Waals surface area contributed by atoms with Gasteiger partial charge >= 0.3 is 0 Å². The normalized spacial score (nSPS) is 12.1. The zero-order valence-electron chi connectivity index (χ0n) is 10.7. The smallest absolute Gasteiger partial charge is 0.154 e. The number of aromatic nitrogens is 3. The van der Waals surface area contributed by atoms with Gasteiger partial charge in [0.2, 0.25) is 0 Å². The van der Waals surface area contributed by atoms with Crippen LogP contribution in [0.15, 0.2) is 18.5 Å². The molecule has 0 aliphatic heterocycles. The molecule has 2 rings (SSSR count). The molecule has 0 atom stereocenters. The zero-order chi connectivity index (χ0) is 12.6. The molecule has 0 spiro atoms. The molecule has 2 heterocycles. The number of aryl methyl sites for hydroxylation is 1. The lowest BCUT2D eigenvalue weighted by molar-refractivity contribution is 0.216. The summed E-state index contributed by atoms with van der Waals surface area (Å²) in [6.07, 6.45) is 3.55. The third kappa shape index (κ3) is 1.98. The number of fused-ring (bicyclic) bond motifs is 1. The highest BCUT2D eigenvalue weighted by molar-refractivity contribution is 5.69. The van der Waals surface area contributed by atoms with Crippen molar-refractivity contribution in [1.29, 1.82) is 0 Å². The van der Waals surface area contributed by atoms with Crippen molar-refractivity contribution in [3.63, 3.8) is 0 Å². The zero-order valence-corrected chi connectivity index (χ0v) is 10.7. The molecule has 5 heteroatoms. The van der Waals surface area contributed by atoms with Crippen molar-refractivity contribution in [3.8, 4) is 0 Å². The van der Waals surface area contributed by atoms with Crippen LogP contribution in [0.3, 0.4) is 0 Å². The molecule has 2 aromatic rings. The standard InChI is InChI=1S/C12H18N4O/c1-9-7-10-11(13-5-6-16(10)14-9)15(4)12(2,3)8-17/h5-7,17H,8H2,1-4H3. The van der Waals surface area contributed by atoms with Gasteiger partial charge in [0.15, 0.2) is 5.82 Å². The lowest BCUT2D eigenvalue weighted by atomic mass is 10.1. The van der Waals surface area contributed by atoms with Gasteiger partial charge in [-0.1, -0.05) is 0 Å². The van der Waals surface area contributed by atoms with Crippen molar-refractivity contribution in [1.82, 2.24) is 14.6 Å². The van der Waals surface area contributed by atoms with E-state index in [9.17, 15) is 5.11 Å². The Balaban J connectivity index is 2.55. The minimum absolute atomic E-state index is 0.0688. The van der Waals surface area contributed by atoms with Crippen LogP contribution in [0, 0.1) is 6.92 Å². The topological polar surface area (TPSA) is 53.7 Å². The van der Waals surface area contributed by atoms with Gasteiger partial charge in [0.25, 0.3) is 0 Å². The van der Waals surface area contributed by atoms with E-state index in [1.54, 1.807) is 6.20 Å². The average molecular weight is 234 g/mol. The molecule has 2 aromatic heterocycles. The maximum Gasteiger partial charge on any atom is 0.154 e. The van der Waals surface area contributed by atoms with E-state index >= 15 is 0 Å². The Hall–Kier alpha value is -1.62. The minimum atomic E-state index is -0.354. The van der Waals surface area contributed by atoms with Crippen molar-refractivity contribution >= 4 is 11.3 Å². The lowest BCUT2D eigenvalue weighted by Crippen LogP contribution is -2.45. The van der Waals surface area contributed by atoms with Gasteiger partial charge in [-0.2, -0.15) is 5.10 Å². The molecule has 17 heavy (non-hydrogen) atoms. The van der Waals surface area contributed by atoms with E-state index in [0.717, 1.165) is 17.0 Å². The average Bonchev–Trinajstić information content (AvgIpc) is 2.67. The fourth-order valence-electron chi connectivity index (χ4n) is 1.68. The fraction of sp³-hybridized carbons (Fsp3) is 0.500. The Morgan fingerprint density at radius 3 is 2.82 bits per heavy atom. The van der Waals surface area contributed by atoms with Gasteiger partial charge in [0, 0.05) is 19.4 Å². The molecule has 1 N–H and O–H groups in total. The highest BCUT2D eigenvalue weighted by Gasteiger charge is 2.25. The maximum atomic E-state index is 9.41. The number of aliphatic hydroxyl groups is 1. The Bertz CT molecular complexity index is 532. The molecule has 0 aliphatic rings. The predicted octanol–water partition coefficient (Wildman–Crippen LogP) is 1.24. The Kier molecular flexibility index (Phi) is 2.79. The number of nitrogens with zero attached hydrogens (tertiary/aromatic N) is 4. The van der Waals surface area contributed by atoms with Crippen molar-refractivity contribution in [2.45, 2.75) is 26.3 Å². The molecule has 92 valence electrons. The third-order valence-corrected chi connectivity index (χ3v) is 3.10. The molecule has 0 saturated carbocycles. The first kappa shape index (κ1) is 11.9. The van der Waals surface area contributed by atoms with Crippen molar-refractivity contribution in [3.05, 3.63) is 24.2 Å². The summed E-state index contributed by atoms with van der Waals surface area (Å²) >= 11 is 0. The Morgan fingerprint density at radius 2 is 2.18 bits per heavy atom. The van der Waals surface area contributed by atoms with E-state index in [1.807, 2.05) is 49.5 Å². The van der Waals surface area contributed by atoms with Crippen LogP contribution in [0.25, 0.3) is 5.52 Å². The quantitative estimate of drug-likeness (QED) is 0.868. The van der Waals surface area contributed by atoms with Crippen LogP contribution in [0.4, 0.5) is 5.82 Å². The molecule has 0 aliphatic carbocycles. The first-order chi connectivity index (χ1) is 7.95. The number of hydrogen-bond donors (Lipinski definition) is 1. The molecule has 0 bridgehead atoms. The van der Waals surface area contributed by atoms with Crippen LogP contribution in [0.1, 0.15) is 19.5 Å². The van der Waals surface area contributed by atoms with Crippen LogP contribution in [-0.4, -0.2) is 38.9 Å². The summed E-state index contributed by atoms with van der Waals surface area (Å²) < 4.78 is 1.81. The van der Waals surface area contributed by atoms with E-state index in [0.29, 0.717) is 0 Å². The van der Waals surface area contributed by atoms with Crippen LogP contribution < -0.4 is 4.90 Å². The molecule has 5 nitrogen and oxygen atoms in total. The van der Waals surface area contributed by atoms with Crippen molar-refractivity contribution in [2.75, 3.05) is 18.6 Å². The highest BCUT2D eigenvalue weighted by atomic mass is 16.3. The molecular formula is C12H18N4O. The first-order valence-corrected chi connectivity index (χ1v) is 5.61. The van der Waals surface area contributed by atoms with E-state index < -0.39 is 0 Å². The highest BCUT2D eigenvalue weighted by Crippen LogP contribution is 2.24. The van der Waals surface area contributed by atoms with Gasteiger partial charge in [0.05, 0.1) is 17.8 Å².